The molecule has 0 aliphatic rings. The summed E-state index contributed by atoms with van der Waals surface area (Å²) in [5, 5.41) is 23.3. The number of carbonyl (C=O) groups is 2. The monoisotopic (exact) mass is 1030 g/mol. The molecule has 0 aliphatic heterocycles. The van der Waals surface area contributed by atoms with Crippen molar-refractivity contribution in [2.45, 2.75) is 405 Å². The van der Waals surface area contributed by atoms with Crippen molar-refractivity contribution < 1.29 is 24.5 Å². The van der Waals surface area contributed by atoms with E-state index in [1.807, 2.05) is 0 Å². The van der Waals surface area contributed by atoms with Gasteiger partial charge in [-0.2, -0.15) is 0 Å². The van der Waals surface area contributed by atoms with Crippen LogP contribution in [-0.4, -0.2) is 47.4 Å². The Morgan fingerprint density at radius 2 is 0.562 bits per heavy atom. The second-order valence-electron chi connectivity index (χ2n) is 23.5. The molecule has 0 saturated carbocycles. The van der Waals surface area contributed by atoms with Gasteiger partial charge in [-0.3, -0.25) is 9.59 Å². The molecule has 0 heterocycles. The van der Waals surface area contributed by atoms with Crippen LogP contribution < -0.4 is 5.32 Å². The van der Waals surface area contributed by atoms with Crippen LogP contribution in [0.1, 0.15) is 393 Å². The molecule has 2 unspecified atom stereocenters. The number of hydrogen-bond acceptors (Lipinski definition) is 5. The molecule has 2 atom stereocenters. The Morgan fingerprint density at radius 3 is 0.836 bits per heavy atom. The zero-order valence-corrected chi connectivity index (χ0v) is 49.9. The molecule has 73 heavy (non-hydrogen) atoms. The standard InChI is InChI=1S/C67H133NO5/c1-3-5-7-9-11-13-15-17-19-20-29-33-37-41-45-49-53-57-61-67(72)73-62-58-54-50-46-42-38-34-30-27-25-23-21-22-24-26-28-32-36-40-44-48-52-56-60-66(71)68-64(63-69)65(70)59-55-51-47-43-39-35-31-18-16-14-12-10-8-6-4-2/h64-65,69-70H,3-63H2,1-2H3,(H,68,71). The maximum atomic E-state index is 12.5. The predicted molar refractivity (Wildman–Crippen MR) is 320 cm³/mol. The number of hydrogen-bond donors (Lipinski definition) is 3. The summed E-state index contributed by atoms with van der Waals surface area (Å²) in [7, 11) is 0. The van der Waals surface area contributed by atoms with Gasteiger partial charge in [-0.05, 0) is 25.7 Å². The summed E-state index contributed by atoms with van der Waals surface area (Å²) in [6.07, 6.45) is 75.6. The van der Waals surface area contributed by atoms with Crippen molar-refractivity contribution in [3.8, 4) is 0 Å². The van der Waals surface area contributed by atoms with Gasteiger partial charge < -0.3 is 20.3 Å². The highest BCUT2D eigenvalue weighted by atomic mass is 16.5. The van der Waals surface area contributed by atoms with Crippen molar-refractivity contribution in [3.63, 3.8) is 0 Å². The van der Waals surface area contributed by atoms with Crippen molar-refractivity contribution in [3.05, 3.63) is 0 Å². The first-order valence-corrected chi connectivity index (χ1v) is 33.8. The number of rotatable bonds is 64. The Bertz CT molecular complexity index is 1050. The van der Waals surface area contributed by atoms with Crippen LogP contribution in [0.3, 0.4) is 0 Å². The van der Waals surface area contributed by atoms with Gasteiger partial charge in [-0.1, -0.05) is 354 Å². The van der Waals surface area contributed by atoms with Gasteiger partial charge in [-0.15, -0.1) is 0 Å². The van der Waals surface area contributed by atoms with Gasteiger partial charge in [0.1, 0.15) is 0 Å². The van der Waals surface area contributed by atoms with Crippen LogP contribution in [0.25, 0.3) is 0 Å². The summed E-state index contributed by atoms with van der Waals surface area (Å²) in [5.41, 5.74) is 0. The molecule has 6 nitrogen and oxygen atoms in total. The molecule has 0 rings (SSSR count). The van der Waals surface area contributed by atoms with E-state index in [4.69, 9.17) is 4.74 Å². The lowest BCUT2D eigenvalue weighted by atomic mass is 10.0. The summed E-state index contributed by atoms with van der Waals surface area (Å²) in [6.45, 7) is 5.00. The van der Waals surface area contributed by atoms with E-state index in [9.17, 15) is 19.8 Å². The fourth-order valence-corrected chi connectivity index (χ4v) is 11.0. The maximum absolute atomic E-state index is 12.5. The number of unbranched alkanes of at least 4 members (excludes halogenated alkanes) is 53. The van der Waals surface area contributed by atoms with E-state index >= 15 is 0 Å². The number of amides is 1. The lowest BCUT2D eigenvalue weighted by Gasteiger charge is -2.22. The van der Waals surface area contributed by atoms with E-state index in [2.05, 4.69) is 19.2 Å². The Balaban J connectivity index is 3.33. The van der Waals surface area contributed by atoms with Gasteiger partial charge in [0.15, 0.2) is 0 Å². The van der Waals surface area contributed by atoms with E-state index in [1.54, 1.807) is 0 Å². The summed E-state index contributed by atoms with van der Waals surface area (Å²) in [5.74, 6) is -0.0107. The van der Waals surface area contributed by atoms with Crippen LogP contribution in [0.5, 0.6) is 0 Å². The number of nitrogens with one attached hydrogen (secondary N) is 1. The number of esters is 1. The van der Waals surface area contributed by atoms with E-state index in [0.717, 1.165) is 38.5 Å². The topological polar surface area (TPSA) is 95.9 Å². The lowest BCUT2D eigenvalue weighted by Crippen LogP contribution is -2.45. The molecule has 0 saturated heterocycles. The Hall–Kier alpha value is -1.14. The van der Waals surface area contributed by atoms with Crippen molar-refractivity contribution in [1.82, 2.24) is 5.32 Å². The van der Waals surface area contributed by atoms with E-state index in [-0.39, 0.29) is 18.5 Å². The Kier molecular flexibility index (Phi) is 62.4. The third-order valence-corrected chi connectivity index (χ3v) is 16.2. The molecule has 0 aromatic heterocycles. The number of carbonyl (C=O) groups excluding carboxylic acids is 2. The average Bonchev–Trinajstić information content (AvgIpc) is 3.39. The normalized spacial score (nSPS) is 12.4. The molecule has 0 aromatic rings. The van der Waals surface area contributed by atoms with Crippen LogP contribution in [0.2, 0.25) is 0 Å². The lowest BCUT2D eigenvalue weighted by molar-refractivity contribution is -0.143. The highest BCUT2D eigenvalue weighted by molar-refractivity contribution is 5.76. The first kappa shape index (κ1) is 71.9. The van der Waals surface area contributed by atoms with Gasteiger partial charge in [0.25, 0.3) is 0 Å². The Morgan fingerprint density at radius 1 is 0.329 bits per heavy atom. The van der Waals surface area contributed by atoms with Crippen molar-refractivity contribution in [1.29, 1.82) is 0 Å². The molecule has 1 amide bonds. The minimum Gasteiger partial charge on any atom is -0.466 e. The van der Waals surface area contributed by atoms with Crippen LogP contribution in [0.4, 0.5) is 0 Å². The first-order valence-electron chi connectivity index (χ1n) is 33.8. The highest BCUT2D eigenvalue weighted by Crippen LogP contribution is 2.19. The van der Waals surface area contributed by atoms with Gasteiger partial charge in [-0.25, -0.2) is 0 Å². The molecule has 6 heteroatoms. The summed E-state index contributed by atoms with van der Waals surface area (Å²) in [4.78, 5) is 24.6. The van der Waals surface area contributed by atoms with Gasteiger partial charge in [0.05, 0.1) is 25.4 Å². The summed E-state index contributed by atoms with van der Waals surface area (Å²) in [6, 6.07) is -0.540. The minimum absolute atomic E-state index is 0.0201. The zero-order valence-electron chi connectivity index (χ0n) is 49.9. The summed E-state index contributed by atoms with van der Waals surface area (Å²) < 4.78 is 5.51. The van der Waals surface area contributed by atoms with Crippen LogP contribution in [0.15, 0.2) is 0 Å². The van der Waals surface area contributed by atoms with Crippen LogP contribution >= 0.6 is 0 Å². The van der Waals surface area contributed by atoms with Crippen molar-refractivity contribution in [2.24, 2.45) is 0 Å². The highest BCUT2D eigenvalue weighted by Gasteiger charge is 2.20. The average molecular weight is 1030 g/mol. The van der Waals surface area contributed by atoms with Crippen molar-refractivity contribution >= 4 is 11.9 Å². The molecule has 0 fully saturated rings. The maximum Gasteiger partial charge on any atom is 0.305 e. The van der Waals surface area contributed by atoms with Gasteiger partial charge >= 0.3 is 5.97 Å². The quantitative estimate of drug-likeness (QED) is 0.0417. The SMILES string of the molecule is CCCCCCCCCCCCCCCCCCCCC(=O)OCCCCCCCCCCCCCCCCCCCCCCCCCC(=O)NC(CO)C(O)CCCCCCCCCCCCCCCCC. The summed E-state index contributed by atoms with van der Waals surface area (Å²) >= 11 is 0. The van der Waals surface area contributed by atoms with Crippen LogP contribution in [-0.2, 0) is 14.3 Å². The second-order valence-corrected chi connectivity index (χ2v) is 23.5. The van der Waals surface area contributed by atoms with Crippen LogP contribution in [0, 0.1) is 0 Å². The molecule has 3 N–H and O–H groups in total. The predicted octanol–water partition coefficient (Wildman–Crippen LogP) is 21.4. The molecule has 0 radical (unpaired) electrons. The first-order chi connectivity index (χ1) is 36.0. The number of ether oxygens (including phenoxy) is 1. The minimum atomic E-state index is -0.662. The molecule has 0 bridgehead atoms. The van der Waals surface area contributed by atoms with Gasteiger partial charge in [0, 0.05) is 12.8 Å². The fraction of sp³-hybridized carbons (Fsp3) is 0.970. The molecule has 0 aliphatic carbocycles. The molecule has 0 spiro atoms. The second kappa shape index (κ2) is 63.4. The molecular weight excluding hydrogens is 899 g/mol. The van der Waals surface area contributed by atoms with Crippen molar-refractivity contribution in [2.75, 3.05) is 13.2 Å². The Labute approximate surface area is 457 Å². The van der Waals surface area contributed by atoms with E-state index in [1.165, 1.54) is 321 Å². The largest absolute Gasteiger partial charge is 0.466 e. The third kappa shape index (κ3) is 60.0. The molecular formula is C67H133NO5. The number of aliphatic hydroxyl groups excluding tert-OH is 2. The third-order valence-electron chi connectivity index (χ3n) is 16.2. The van der Waals surface area contributed by atoms with Gasteiger partial charge in [0.2, 0.25) is 5.91 Å². The zero-order chi connectivity index (χ0) is 52.9. The number of aliphatic hydroxyl groups is 2. The van der Waals surface area contributed by atoms with E-state index in [0.29, 0.717) is 25.9 Å². The fourth-order valence-electron chi connectivity index (χ4n) is 11.0. The molecule has 0 aromatic carbocycles. The van der Waals surface area contributed by atoms with E-state index < -0.39 is 12.1 Å². The molecule has 436 valence electrons. The smallest absolute Gasteiger partial charge is 0.305 e.